The lowest BCUT2D eigenvalue weighted by molar-refractivity contribution is -0.122. The van der Waals surface area contributed by atoms with E-state index >= 15 is 0 Å². The Hall–Kier alpha value is -2.59. The van der Waals surface area contributed by atoms with E-state index in [1.54, 1.807) is 12.2 Å². The first-order chi connectivity index (χ1) is 14.3. The molecule has 1 amide bonds. The first-order valence-corrected chi connectivity index (χ1v) is 11.0. The summed E-state index contributed by atoms with van der Waals surface area (Å²) >= 11 is 3.49. The van der Waals surface area contributed by atoms with Gasteiger partial charge in [0, 0.05) is 48.0 Å². The first-order valence-electron chi connectivity index (χ1n) is 10.2. The van der Waals surface area contributed by atoms with Crippen LogP contribution in [0.1, 0.15) is 50.5 Å². The van der Waals surface area contributed by atoms with E-state index in [0.29, 0.717) is 44.3 Å². The molecule has 1 aliphatic carbocycles. The van der Waals surface area contributed by atoms with E-state index in [9.17, 15) is 14.9 Å². The van der Waals surface area contributed by atoms with Crippen molar-refractivity contribution in [3.63, 3.8) is 0 Å². The number of allylic oxidation sites excluding steroid dienone is 4. The number of likely N-dealkylation sites (N-methyl/N-ethyl adjacent to an activating group) is 1. The van der Waals surface area contributed by atoms with Crippen molar-refractivity contribution in [2.45, 2.75) is 44.9 Å². The maximum atomic E-state index is 13.0. The molecule has 1 heterocycles. The monoisotopic (exact) mass is 470 g/mol. The summed E-state index contributed by atoms with van der Waals surface area (Å²) in [4.78, 5) is 26.6. The van der Waals surface area contributed by atoms with E-state index in [4.69, 9.17) is 5.73 Å². The van der Waals surface area contributed by atoms with Crippen LogP contribution >= 0.6 is 15.9 Å². The minimum atomic E-state index is -0.799. The fourth-order valence-corrected chi connectivity index (χ4v) is 4.49. The van der Waals surface area contributed by atoms with Crippen molar-refractivity contribution in [2.24, 2.45) is 11.1 Å². The zero-order valence-corrected chi connectivity index (χ0v) is 19.0. The van der Waals surface area contributed by atoms with E-state index in [1.807, 2.05) is 32.2 Å². The number of benzene rings is 1. The van der Waals surface area contributed by atoms with Gasteiger partial charge in [-0.05, 0) is 55.2 Å². The van der Waals surface area contributed by atoms with Crippen LogP contribution in [0.3, 0.4) is 0 Å². The number of ketones is 1. The average molecular weight is 471 g/mol. The number of amides is 1. The van der Waals surface area contributed by atoms with Gasteiger partial charge in [0.15, 0.2) is 0 Å². The predicted molar refractivity (Wildman–Crippen MR) is 120 cm³/mol. The topological polar surface area (TPSA) is 99.2 Å². The van der Waals surface area contributed by atoms with E-state index in [2.05, 4.69) is 32.2 Å². The molecule has 2 aliphatic rings. The summed E-state index contributed by atoms with van der Waals surface area (Å²) in [5.41, 5.74) is 8.72. The van der Waals surface area contributed by atoms with Gasteiger partial charge in [-0.2, -0.15) is 5.26 Å². The van der Waals surface area contributed by atoms with Gasteiger partial charge in [-0.1, -0.05) is 22.9 Å². The molecule has 1 aromatic rings. The number of hydrogen-bond acceptors (Lipinski definition) is 5. The van der Waals surface area contributed by atoms with Crippen LogP contribution in [0.4, 0.5) is 5.69 Å². The smallest absolute Gasteiger partial charge is 0.233 e. The molecule has 0 spiro atoms. The highest BCUT2D eigenvalue weighted by Gasteiger charge is 2.37. The molecule has 7 heteroatoms. The number of carbonyl (C=O) groups excluding carboxylic acids is 2. The maximum absolute atomic E-state index is 13.0. The molecule has 0 aromatic heterocycles. The number of anilines is 1. The molecule has 30 heavy (non-hydrogen) atoms. The number of carbonyl (C=O) groups is 2. The van der Waals surface area contributed by atoms with Gasteiger partial charge in [0.05, 0.1) is 17.4 Å². The molecule has 1 aliphatic heterocycles. The van der Waals surface area contributed by atoms with Crippen molar-refractivity contribution in [1.29, 1.82) is 5.26 Å². The highest BCUT2D eigenvalue weighted by atomic mass is 79.9. The molecule has 1 unspecified atom stereocenters. The van der Waals surface area contributed by atoms with Crippen molar-refractivity contribution in [3.05, 3.63) is 51.8 Å². The Morgan fingerprint density at radius 2 is 2.10 bits per heavy atom. The van der Waals surface area contributed by atoms with Gasteiger partial charge in [-0.3, -0.25) is 9.59 Å². The number of fused-ring (bicyclic) bond motifs is 1. The van der Waals surface area contributed by atoms with Crippen LogP contribution in [0.25, 0.3) is 0 Å². The fraction of sp³-hybridized carbons (Fsp3) is 0.435. The summed E-state index contributed by atoms with van der Waals surface area (Å²) in [6.45, 7) is 2.58. The molecule has 0 radical (unpaired) electrons. The van der Waals surface area contributed by atoms with Crippen LogP contribution < -0.4 is 16.0 Å². The minimum absolute atomic E-state index is 0.0583. The molecular weight excluding hydrogens is 444 g/mol. The lowest BCUT2D eigenvalue weighted by atomic mass is 9.72. The highest BCUT2D eigenvalue weighted by molar-refractivity contribution is 9.10. The molecule has 1 fully saturated rings. The molecule has 3 N–H and O–H groups in total. The van der Waals surface area contributed by atoms with Gasteiger partial charge < -0.3 is 16.0 Å². The minimum Gasteiger partial charge on any atom is -0.401 e. The Kier molecular flexibility index (Phi) is 6.67. The normalized spacial score (nSPS) is 21.2. The molecule has 6 nitrogen and oxygen atoms in total. The number of Topliss-reactive ketones (excluding diaryl/α,β-unsaturated/α-hetero) is 1. The van der Waals surface area contributed by atoms with Gasteiger partial charge in [0.2, 0.25) is 5.91 Å². The Morgan fingerprint density at radius 1 is 1.40 bits per heavy atom. The molecule has 0 saturated heterocycles. The zero-order valence-electron chi connectivity index (χ0n) is 17.4. The van der Waals surface area contributed by atoms with Crippen LogP contribution in [0.2, 0.25) is 0 Å². The number of nitrogens with zero attached hydrogens (tertiary/aromatic N) is 2. The number of nitriles is 1. The van der Waals surface area contributed by atoms with Crippen molar-refractivity contribution in [2.75, 3.05) is 18.5 Å². The van der Waals surface area contributed by atoms with Gasteiger partial charge in [0.25, 0.3) is 0 Å². The van der Waals surface area contributed by atoms with Crippen LogP contribution in [0.15, 0.2) is 46.2 Å². The number of nitrogens with one attached hydrogen (secondary N) is 1. The quantitative estimate of drug-likeness (QED) is 0.635. The number of halogens is 1. The standard InChI is InChI=1S/C23H27BrN4O2/c1-3-16(5-7-21(26)23(14-25)10-8-17(29)9-11-23)27-22(30)19-13-28(2)20-6-4-15(24)12-18(19)20/h4-7,12,19H,3,8-11,13,26H2,1-2H3,(H,27,30)/b16-5+,21-7-. The summed E-state index contributed by atoms with van der Waals surface area (Å²) in [6, 6.07) is 8.30. The van der Waals surface area contributed by atoms with Crippen molar-refractivity contribution in [1.82, 2.24) is 5.32 Å². The maximum Gasteiger partial charge on any atom is 0.233 e. The second kappa shape index (κ2) is 9.05. The summed E-state index contributed by atoms with van der Waals surface area (Å²) < 4.78 is 0.948. The van der Waals surface area contributed by atoms with E-state index < -0.39 is 5.41 Å². The first kappa shape index (κ1) is 22.1. The third kappa shape index (κ3) is 4.44. The zero-order chi connectivity index (χ0) is 21.9. The van der Waals surface area contributed by atoms with Crippen LogP contribution in [0.5, 0.6) is 0 Å². The SMILES string of the molecule is CC/C(=C\C=C(/N)C1(C#N)CCC(=O)CC1)NC(=O)C1CN(C)c2ccc(Br)cc21. The van der Waals surface area contributed by atoms with E-state index in [1.165, 1.54) is 0 Å². The largest absolute Gasteiger partial charge is 0.401 e. The Labute approximate surface area is 185 Å². The molecular formula is C23H27BrN4O2. The number of hydrogen-bond donors (Lipinski definition) is 2. The van der Waals surface area contributed by atoms with Crippen LogP contribution in [0, 0.1) is 16.7 Å². The van der Waals surface area contributed by atoms with Crippen molar-refractivity contribution >= 4 is 33.3 Å². The van der Waals surface area contributed by atoms with Gasteiger partial charge in [0.1, 0.15) is 5.78 Å². The van der Waals surface area contributed by atoms with Gasteiger partial charge in [-0.15, -0.1) is 0 Å². The molecule has 1 saturated carbocycles. The molecule has 0 bridgehead atoms. The lowest BCUT2D eigenvalue weighted by Gasteiger charge is -2.30. The summed E-state index contributed by atoms with van der Waals surface area (Å²) in [5.74, 6) is -0.134. The predicted octanol–water partition coefficient (Wildman–Crippen LogP) is 3.89. The molecule has 1 aromatic carbocycles. The van der Waals surface area contributed by atoms with Crippen LogP contribution in [-0.2, 0) is 9.59 Å². The van der Waals surface area contributed by atoms with Gasteiger partial charge in [-0.25, -0.2) is 0 Å². The second-order valence-corrected chi connectivity index (χ2v) is 8.94. The summed E-state index contributed by atoms with van der Waals surface area (Å²) in [6.07, 6.45) is 5.79. The van der Waals surface area contributed by atoms with Gasteiger partial charge >= 0.3 is 0 Å². The van der Waals surface area contributed by atoms with E-state index in [0.717, 1.165) is 21.4 Å². The second-order valence-electron chi connectivity index (χ2n) is 8.03. The molecule has 3 rings (SSSR count). The third-order valence-corrected chi connectivity index (χ3v) is 6.60. The van der Waals surface area contributed by atoms with E-state index in [-0.39, 0.29) is 17.6 Å². The summed E-state index contributed by atoms with van der Waals surface area (Å²) in [7, 11) is 1.98. The van der Waals surface area contributed by atoms with Crippen molar-refractivity contribution in [3.8, 4) is 6.07 Å². The molecule has 158 valence electrons. The summed E-state index contributed by atoms with van der Waals surface area (Å²) in [5, 5.41) is 12.7. The highest BCUT2D eigenvalue weighted by Crippen LogP contribution is 2.39. The lowest BCUT2D eigenvalue weighted by Crippen LogP contribution is -2.32. The third-order valence-electron chi connectivity index (χ3n) is 6.11. The Balaban J connectivity index is 1.76. The number of nitrogens with two attached hydrogens (primary N) is 1. The number of rotatable bonds is 5. The Bertz CT molecular complexity index is 950. The van der Waals surface area contributed by atoms with Crippen molar-refractivity contribution < 1.29 is 9.59 Å². The van der Waals surface area contributed by atoms with Crippen LogP contribution in [-0.4, -0.2) is 25.3 Å². The molecule has 1 atom stereocenters. The average Bonchev–Trinajstić information content (AvgIpc) is 3.07. The fourth-order valence-electron chi connectivity index (χ4n) is 4.11. The Morgan fingerprint density at radius 3 is 2.73 bits per heavy atom.